The zero-order valence-corrected chi connectivity index (χ0v) is 19.9. The van der Waals surface area contributed by atoms with Crippen LogP contribution in [0.15, 0.2) is 122 Å². The summed E-state index contributed by atoms with van der Waals surface area (Å²) in [6.45, 7) is 6.00. The summed E-state index contributed by atoms with van der Waals surface area (Å²) in [7, 11) is 0. The van der Waals surface area contributed by atoms with E-state index in [9.17, 15) is 0 Å². The van der Waals surface area contributed by atoms with E-state index < -0.39 is 0 Å². The Morgan fingerprint density at radius 1 is 0.379 bits per heavy atom. The van der Waals surface area contributed by atoms with Crippen LogP contribution >= 0.6 is 0 Å². The van der Waals surface area contributed by atoms with Crippen LogP contribution in [0, 0.1) is 0 Å². The van der Waals surface area contributed by atoms with Crippen molar-refractivity contribution in [3.05, 3.63) is 122 Å². The smallest absolute Gasteiger partial charge is 0 e. The standard InChI is InChI=1S/2C13H9.C2H4.Hf/c2*1-3-7-12-10(5-1)9-11-6-2-4-8-13(11)12;1-2;/h2*1-9H;1-2H2;/q2*-1;;. The largest absolute Gasteiger partial charge is 0.126 e. The van der Waals surface area contributed by atoms with Gasteiger partial charge in [0.25, 0.3) is 0 Å². The first kappa shape index (κ1) is 21.0. The molecule has 0 saturated heterocycles. The van der Waals surface area contributed by atoms with Crippen LogP contribution in [0.3, 0.4) is 0 Å². The summed E-state index contributed by atoms with van der Waals surface area (Å²) >= 11 is 0. The molecule has 0 atom stereocenters. The van der Waals surface area contributed by atoms with Crippen molar-refractivity contribution in [1.29, 1.82) is 0 Å². The molecule has 0 N–H and O–H groups in total. The molecule has 1 heteroatoms. The summed E-state index contributed by atoms with van der Waals surface area (Å²) in [6, 6.07) is 38.5. The van der Waals surface area contributed by atoms with Crippen LogP contribution in [-0.2, 0) is 25.8 Å². The molecule has 6 rings (SSSR count). The first-order valence-electron chi connectivity index (χ1n) is 9.46. The van der Waals surface area contributed by atoms with Gasteiger partial charge in [-0.1, -0.05) is 72.8 Å². The third kappa shape index (κ3) is 4.16. The number of hydrogen-bond donors (Lipinski definition) is 0. The third-order valence-electron chi connectivity index (χ3n) is 5.05. The fourth-order valence-corrected chi connectivity index (χ4v) is 3.81. The van der Waals surface area contributed by atoms with E-state index in [2.05, 4.69) is 122 Å². The van der Waals surface area contributed by atoms with Crippen molar-refractivity contribution >= 4 is 43.1 Å². The van der Waals surface area contributed by atoms with Gasteiger partial charge in [-0.05, 0) is 0 Å². The average Bonchev–Trinajstić information content (AvgIpc) is 3.34. The zero-order valence-electron chi connectivity index (χ0n) is 16.3. The number of hydrogen-bond acceptors (Lipinski definition) is 0. The third-order valence-corrected chi connectivity index (χ3v) is 5.05. The molecule has 0 aliphatic carbocycles. The Morgan fingerprint density at radius 3 is 0.828 bits per heavy atom. The molecule has 0 aromatic heterocycles. The fraction of sp³-hybridized carbons (Fsp3) is 0. The fourth-order valence-electron chi connectivity index (χ4n) is 3.81. The topological polar surface area (TPSA) is 0 Å². The Morgan fingerprint density at radius 2 is 0.586 bits per heavy atom. The molecule has 0 fully saturated rings. The number of benzene rings is 4. The molecule has 6 aromatic carbocycles. The van der Waals surface area contributed by atoms with Gasteiger partial charge in [-0.3, -0.25) is 0 Å². The first-order chi connectivity index (χ1) is 13.9. The van der Waals surface area contributed by atoms with E-state index in [1.807, 2.05) is 0 Å². The van der Waals surface area contributed by atoms with Gasteiger partial charge >= 0.3 is 0 Å². The minimum absolute atomic E-state index is 0. The van der Waals surface area contributed by atoms with Gasteiger partial charge in [-0.2, -0.15) is 0 Å². The quantitative estimate of drug-likeness (QED) is 0.104. The van der Waals surface area contributed by atoms with Gasteiger partial charge in [0.1, 0.15) is 0 Å². The molecule has 0 aliphatic heterocycles. The van der Waals surface area contributed by atoms with E-state index in [0.717, 1.165) is 0 Å². The second-order valence-corrected chi connectivity index (χ2v) is 6.64. The van der Waals surface area contributed by atoms with Crippen LogP contribution in [0.25, 0.3) is 43.1 Å². The molecule has 0 amide bonds. The Kier molecular flexibility index (Phi) is 6.95. The van der Waals surface area contributed by atoms with Gasteiger partial charge in [-0.25, -0.2) is 0 Å². The van der Waals surface area contributed by atoms with Crippen LogP contribution in [0.5, 0.6) is 0 Å². The van der Waals surface area contributed by atoms with E-state index in [1.54, 1.807) is 0 Å². The Hall–Kier alpha value is -2.77. The van der Waals surface area contributed by atoms with E-state index in [0.29, 0.717) is 0 Å². The van der Waals surface area contributed by atoms with Crippen molar-refractivity contribution in [1.82, 2.24) is 0 Å². The van der Waals surface area contributed by atoms with Gasteiger partial charge < -0.3 is 0 Å². The maximum absolute atomic E-state index is 3.00. The Bertz CT molecular complexity index is 1140. The average molecular weight is 537 g/mol. The summed E-state index contributed by atoms with van der Waals surface area (Å²) in [6.07, 6.45) is 0. The van der Waals surface area contributed by atoms with Crippen molar-refractivity contribution in [2.45, 2.75) is 0 Å². The molecule has 0 unspecified atom stereocenters. The van der Waals surface area contributed by atoms with E-state index in [4.69, 9.17) is 0 Å². The van der Waals surface area contributed by atoms with Gasteiger partial charge in [0.2, 0.25) is 0 Å². The normalized spacial score (nSPS) is 10.1. The second kappa shape index (κ2) is 9.62. The molecule has 29 heavy (non-hydrogen) atoms. The molecular formula is C28H22Hf-2. The van der Waals surface area contributed by atoms with Crippen LogP contribution in [0.4, 0.5) is 0 Å². The van der Waals surface area contributed by atoms with E-state index in [-0.39, 0.29) is 25.8 Å². The van der Waals surface area contributed by atoms with Crippen LogP contribution in [0.2, 0.25) is 0 Å². The van der Waals surface area contributed by atoms with E-state index >= 15 is 0 Å². The zero-order chi connectivity index (χ0) is 19.3. The molecule has 0 aliphatic rings. The Balaban J connectivity index is 0.000000148. The van der Waals surface area contributed by atoms with E-state index in [1.165, 1.54) is 43.1 Å². The van der Waals surface area contributed by atoms with Crippen LogP contribution in [0.1, 0.15) is 0 Å². The maximum Gasteiger partial charge on any atom is 0 e. The molecule has 0 saturated carbocycles. The Labute approximate surface area is 190 Å². The van der Waals surface area contributed by atoms with Gasteiger partial charge in [-0.15, -0.1) is 92.6 Å². The SMILES string of the molecule is C=C.[Hf].c1ccc2c(c1)[cH-]c1ccccc12.c1ccc2c(c1)[cH-]c1ccccc12. The van der Waals surface area contributed by atoms with Crippen molar-refractivity contribution in [3.8, 4) is 0 Å². The molecule has 0 bridgehead atoms. The van der Waals surface area contributed by atoms with Crippen molar-refractivity contribution in [3.63, 3.8) is 0 Å². The number of rotatable bonds is 0. The van der Waals surface area contributed by atoms with Crippen molar-refractivity contribution in [2.75, 3.05) is 0 Å². The summed E-state index contributed by atoms with van der Waals surface area (Å²) in [4.78, 5) is 0. The van der Waals surface area contributed by atoms with Gasteiger partial charge in [0, 0.05) is 25.8 Å². The van der Waals surface area contributed by atoms with Gasteiger partial charge in [0.05, 0.1) is 0 Å². The molecule has 0 nitrogen and oxygen atoms in total. The molecule has 0 spiro atoms. The monoisotopic (exact) mass is 538 g/mol. The van der Waals surface area contributed by atoms with Crippen molar-refractivity contribution in [2.24, 2.45) is 0 Å². The summed E-state index contributed by atoms with van der Waals surface area (Å²) in [5.41, 5.74) is 0. The molecule has 0 heterocycles. The minimum Gasteiger partial charge on any atom is -0.126 e. The first-order valence-corrected chi connectivity index (χ1v) is 9.46. The summed E-state index contributed by atoms with van der Waals surface area (Å²) in [5.74, 6) is 0. The minimum atomic E-state index is 0. The molecule has 0 radical (unpaired) electrons. The van der Waals surface area contributed by atoms with Crippen LogP contribution in [-0.4, -0.2) is 0 Å². The molecule has 6 aromatic rings. The molecule has 140 valence electrons. The van der Waals surface area contributed by atoms with Crippen LogP contribution < -0.4 is 0 Å². The number of fused-ring (bicyclic) bond motifs is 6. The predicted octanol–water partition coefficient (Wildman–Crippen LogP) is 8.22. The summed E-state index contributed by atoms with van der Waals surface area (Å²) in [5, 5.41) is 10.8. The second-order valence-electron chi connectivity index (χ2n) is 6.64. The van der Waals surface area contributed by atoms with Gasteiger partial charge in [0.15, 0.2) is 0 Å². The summed E-state index contributed by atoms with van der Waals surface area (Å²) < 4.78 is 0. The predicted molar refractivity (Wildman–Crippen MR) is 125 cm³/mol. The molecular weight excluding hydrogens is 515 g/mol. The maximum atomic E-state index is 3.00. The van der Waals surface area contributed by atoms with Crippen molar-refractivity contribution < 1.29 is 25.8 Å².